The van der Waals surface area contributed by atoms with E-state index in [1.807, 2.05) is 0 Å². The number of ether oxygens (including phenoxy) is 1. The van der Waals surface area contributed by atoms with Crippen molar-refractivity contribution in [1.29, 1.82) is 0 Å². The molecule has 1 saturated carbocycles. The first-order valence-electron chi connectivity index (χ1n) is 6.54. The lowest BCUT2D eigenvalue weighted by atomic mass is 9.66. The Labute approximate surface area is 104 Å². The minimum absolute atomic E-state index is 0.0497. The van der Waals surface area contributed by atoms with Crippen molar-refractivity contribution in [3.63, 3.8) is 0 Å². The normalized spacial score (nSPS) is 34.6. The first-order valence-corrected chi connectivity index (χ1v) is 6.54. The lowest BCUT2D eigenvalue weighted by molar-refractivity contribution is -0.141. The third kappa shape index (κ3) is 3.41. The lowest BCUT2D eigenvalue weighted by Crippen LogP contribution is -2.47. The largest absolute Gasteiger partial charge is 0.373 e. The Bertz CT molecular complexity index is 266. The monoisotopic (exact) mass is 243 g/mol. The highest BCUT2D eigenvalue weighted by molar-refractivity contribution is 5.01. The number of β-amino-alcohol motifs (C(OH)–C–C–N with tert-alkyl or cyclic N) is 2. The number of nitrogens with zero attached hydrogens (tertiary/aromatic N) is 1. The Hall–Kier alpha value is -0.160. The van der Waals surface area contributed by atoms with Gasteiger partial charge in [-0.1, -0.05) is 0 Å². The molecule has 4 heteroatoms. The maximum absolute atomic E-state index is 8.97. The molecular formula is C13H25NO3. The molecular weight excluding hydrogens is 218 g/mol. The fourth-order valence-corrected chi connectivity index (χ4v) is 3.24. The van der Waals surface area contributed by atoms with Gasteiger partial charge in [-0.15, -0.1) is 0 Å². The number of aliphatic hydroxyl groups excluding tert-OH is 1. The van der Waals surface area contributed by atoms with Crippen LogP contribution in [-0.2, 0) is 4.74 Å². The molecule has 1 spiro atoms. The Morgan fingerprint density at radius 1 is 1.35 bits per heavy atom. The number of hydrogen-bond donors (Lipinski definition) is 2. The third-order valence-electron chi connectivity index (χ3n) is 3.78. The van der Waals surface area contributed by atoms with Gasteiger partial charge in [-0.05, 0) is 52.0 Å². The predicted octanol–water partition coefficient (Wildman–Crippen LogP) is 0.967. The van der Waals surface area contributed by atoms with Gasteiger partial charge in [0, 0.05) is 13.1 Å². The van der Waals surface area contributed by atoms with Crippen molar-refractivity contribution in [1.82, 2.24) is 4.90 Å². The van der Waals surface area contributed by atoms with Crippen molar-refractivity contribution in [2.75, 3.05) is 19.6 Å². The molecule has 0 bridgehead atoms. The van der Waals surface area contributed by atoms with Crippen LogP contribution in [0.1, 0.15) is 40.0 Å². The van der Waals surface area contributed by atoms with Crippen LogP contribution in [0.5, 0.6) is 0 Å². The predicted molar refractivity (Wildman–Crippen MR) is 65.6 cm³/mol. The van der Waals surface area contributed by atoms with E-state index in [9.17, 15) is 0 Å². The Morgan fingerprint density at radius 3 is 2.53 bits per heavy atom. The van der Waals surface area contributed by atoms with Gasteiger partial charge < -0.3 is 14.9 Å². The minimum atomic E-state index is -1.20. The molecule has 0 aromatic heterocycles. The van der Waals surface area contributed by atoms with Gasteiger partial charge in [0.15, 0.2) is 6.29 Å². The maximum atomic E-state index is 8.97. The first-order chi connectivity index (χ1) is 7.78. The van der Waals surface area contributed by atoms with Crippen LogP contribution in [0, 0.1) is 5.41 Å². The molecule has 1 aliphatic carbocycles. The zero-order chi connectivity index (χ0) is 12.7. The first kappa shape index (κ1) is 13.3. The average molecular weight is 243 g/mol. The molecule has 0 aromatic rings. The molecule has 0 aromatic carbocycles. The summed E-state index contributed by atoms with van der Waals surface area (Å²) in [6.45, 7) is 8.66. The molecule has 4 nitrogen and oxygen atoms in total. The Kier molecular flexibility index (Phi) is 3.51. The van der Waals surface area contributed by atoms with Gasteiger partial charge in [0.25, 0.3) is 0 Å². The second kappa shape index (κ2) is 4.50. The molecule has 2 fully saturated rings. The molecule has 2 rings (SSSR count). The summed E-state index contributed by atoms with van der Waals surface area (Å²) in [6, 6.07) is 0. The molecule has 1 aliphatic heterocycles. The van der Waals surface area contributed by atoms with Gasteiger partial charge in [-0.2, -0.15) is 0 Å². The van der Waals surface area contributed by atoms with Gasteiger partial charge in [-0.25, -0.2) is 0 Å². The van der Waals surface area contributed by atoms with Gasteiger partial charge in [-0.3, -0.25) is 4.90 Å². The van der Waals surface area contributed by atoms with E-state index in [4.69, 9.17) is 14.9 Å². The van der Waals surface area contributed by atoms with E-state index < -0.39 is 6.29 Å². The van der Waals surface area contributed by atoms with Gasteiger partial charge in [0.05, 0.1) is 11.7 Å². The van der Waals surface area contributed by atoms with Crippen molar-refractivity contribution in [2.45, 2.75) is 58.0 Å². The SMILES string of the molecule is CC(C)(C)OC1CC2(CCN(CC(O)O)C2)C1. The van der Waals surface area contributed by atoms with Crippen molar-refractivity contribution in [3.05, 3.63) is 0 Å². The van der Waals surface area contributed by atoms with E-state index in [1.165, 1.54) is 6.42 Å². The van der Waals surface area contributed by atoms with Crippen LogP contribution in [-0.4, -0.2) is 52.7 Å². The smallest absolute Gasteiger partial charge is 0.164 e. The number of likely N-dealkylation sites (tertiary alicyclic amines) is 1. The molecule has 0 amide bonds. The van der Waals surface area contributed by atoms with Gasteiger partial charge >= 0.3 is 0 Å². The molecule has 0 radical (unpaired) electrons. The average Bonchev–Trinajstić information content (AvgIpc) is 2.43. The maximum Gasteiger partial charge on any atom is 0.164 e. The van der Waals surface area contributed by atoms with Crippen LogP contribution < -0.4 is 0 Å². The van der Waals surface area contributed by atoms with E-state index >= 15 is 0 Å². The number of rotatable bonds is 3. The van der Waals surface area contributed by atoms with E-state index in [0.717, 1.165) is 25.9 Å². The topological polar surface area (TPSA) is 52.9 Å². The summed E-state index contributed by atoms with van der Waals surface area (Å²) in [5, 5.41) is 17.9. The zero-order valence-corrected chi connectivity index (χ0v) is 11.1. The molecule has 2 N–H and O–H groups in total. The molecule has 0 atom stereocenters. The summed E-state index contributed by atoms with van der Waals surface area (Å²) >= 11 is 0. The summed E-state index contributed by atoms with van der Waals surface area (Å²) in [5.74, 6) is 0. The van der Waals surface area contributed by atoms with E-state index in [1.54, 1.807) is 0 Å². The van der Waals surface area contributed by atoms with Crippen molar-refractivity contribution in [2.24, 2.45) is 5.41 Å². The van der Waals surface area contributed by atoms with Crippen LogP contribution in [0.15, 0.2) is 0 Å². The summed E-state index contributed by atoms with van der Waals surface area (Å²) in [5.41, 5.74) is 0.344. The fraction of sp³-hybridized carbons (Fsp3) is 1.00. The standard InChI is InChI=1S/C13H25NO3/c1-12(2,3)17-10-6-13(7-10)4-5-14(9-13)8-11(15)16/h10-11,15-16H,4-9H2,1-3H3. The molecule has 1 heterocycles. The van der Waals surface area contributed by atoms with E-state index in [2.05, 4.69) is 25.7 Å². The van der Waals surface area contributed by atoms with Crippen LogP contribution >= 0.6 is 0 Å². The summed E-state index contributed by atoms with van der Waals surface area (Å²) in [7, 11) is 0. The van der Waals surface area contributed by atoms with Crippen LogP contribution in [0.3, 0.4) is 0 Å². The molecule has 0 unspecified atom stereocenters. The molecule has 2 aliphatic rings. The summed E-state index contributed by atoms with van der Waals surface area (Å²) < 4.78 is 5.96. The summed E-state index contributed by atoms with van der Waals surface area (Å²) in [6.07, 6.45) is 2.62. The number of aliphatic hydroxyl groups is 2. The van der Waals surface area contributed by atoms with Crippen LogP contribution in [0.2, 0.25) is 0 Å². The van der Waals surface area contributed by atoms with Crippen LogP contribution in [0.4, 0.5) is 0 Å². The second-order valence-corrected chi connectivity index (χ2v) is 6.73. The molecule has 1 saturated heterocycles. The highest BCUT2D eigenvalue weighted by Gasteiger charge is 2.49. The lowest BCUT2D eigenvalue weighted by Gasteiger charge is -2.47. The highest BCUT2D eigenvalue weighted by atomic mass is 16.5. The van der Waals surface area contributed by atoms with E-state index in [-0.39, 0.29) is 5.60 Å². The van der Waals surface area contributed by atoms with Crippen LogP contribution in [0.25, 0.3) is 0 Å². The molecule has 17 heavy (non-hydrogen) atoms. The third-order valence-corrected chi connectivity index (χ3v) is 3.78. The summed E-state index contributed by atoms with van der Waals surface area (Å²) in [4.78, 5) is 2.15. The van der Waals surface area contributed by atoms with Crippen molar-refractivity contribution >= 4 is 0 Å². The number of hydrogen-bond acceptors (Lipinski definition) is 4. The zero-order valence-electron chi connectivity index (χ0n) is 11.1. The van der Waals surface area contributed by atoms with Gasteiger partial charge in [0.1, 0.15) is 0 Å². The van der Waals surface area contributed by atoms with Gasteiger partial charge in [0.2, 0.25) is 0 Å². The van der Waals surface area contributed by atoms with E-state index in [0.29, 0.717) is 18.1 Å². The van der Waals surface area contributed by atoms with Crippen molar-refractivity contribution in [3.8, 4) is 0 Å². The quantitative estimate of drug-likeness (QED) is 0.725. The van der Waals surface area contributed by atoms with Crippen molar-refractivity contribution < 1.29 is 14.9 Å². The highest BCUT2D eigenvalue weighted by Crippen LogP contribution is 2.50. The second-order valence-electron chi connectivity index (χ2n) is 6.73. The Morgan fingerprint density at radius 2 is 2.00 bits per heavy atom. The Balaban J connectivity index is 1.75. The minimum Gasteiger partial charge on any atom is -0.373 e. The fourth-order valence-electron chi connectivity index (χ4n) is 3.24. The molecule has 100 valence electrons.